The van der Waals surface area contributed by atoms with Crippen molar-refractivity contribution in [3.05, 3.63) is 29.3 Å². The summed E-state index contributed by atoms with van der Waals surface area (Å²) < 4.78 is 0. The molecule has 1 N–H and O–H groups in total. The Morgan fingerprint density at radius 3 is 2.16 bits per heavy atom. The van der Waals surface area contributed by atoms with E-state index < -0.39 is 11.7 Å². The van der Waals surface area contributed by atoms with Crippen LogP contribution in [0.4, 0.5) is 0 Å². The van der Waals surface area contributed by atoms with Gasteiger partial charge in [0, 0.05) is 0 Å². The topological polar surface area (TPSA) is 60.4 Å². The van der Waals surface area contributed by atoms with E-state index in [0.717, 1.165) is 12.0 Å². The number of hydrogen-bond donors (Lipinski definition) is 1. The van der Waals surface area contributed by atoms with E-state index in [1.54, 1.807) is 6.07 Å². The number of carbonyl (C=O) groups is 1. The molecular formula is C15H21NaO3. The summed E-state index contributed by atoms with van der Waals surface area (Å²) in [7, 11) is 0. The van der Waals surface area contributed by atoms with Gasteiger partial charge in [-0.2, -0.15) is 0 Å². The van der Waals surface area contributed by atoms with E-state index in [-0.39, 0.29) is 46.0 Å². The first kappa shape index (κ1) is 18.5. The third-order valence-corrected chi connectivity index (χ3v) is 2.96. The maximum Gasteiger partial charge on any atom is 1.00 e. The van der Waals surface area contributed by atoms with Gasteiger partial charge in [-0.25, -0.2) is 4.79 Å². The molecule has 1 aromatic carbocycles. The van der Waals surface area contributed by atoms with Crippen molar-refractivity contribution in [2.24, 2.45) is 5.41 Å². The molecule has 0 amide bonds. The van der Waals surface area contributed by atoms with Crippen LogP contribution in [-0.2, 0) is 5.41 Å². The molecule has 1 aromatic rings. The van der Waals surface area contributed by atoms with Crippen LogP contribution in [0.2, 0.25) is 0 Å². The smallest absolute Gasteiger partial charge is 0.872 e. The molecule has 0 spiro atoms. The third-order valence-electron chi connectivity index (χ3n) is 2.96. The molecule has 3 nitrogen and oxygen atoms in total. The second-order valence-electron chi connectivity index (χ2n) is 6.64. The minimum atomic E-state index is -1.16. The Kier molecular flexibility index (Phi) is 6.12. The zero-order valence-corrected chi connectivity index (χ0v) is 14.7. The van der Waals surface area contributed by atoms with Crippen molar-refractivity contribution >= 4 is 5.97 Å². The maximum absolute atomic E-state index is 11.4. The monoisotopic (exact) mass is 272 g/mol. The summed E-state index contributed by atoms with van der Waals surface area (Å²) in [6.07, 6.45) is 0.914. The minimum Gasteiger partial charge on any atom is -0.872 e. The average molecular weight is 272 g/mol. The van der Waals surface area contributed by atoms with Gasteiger partial charge in [0.2, 0.25) is 0 Å². The fourth-order valence-corrected chi connectivity index (χ4v) is 2.55. The van der Waals surface area contributed by atoms with Gasteiger partial charge in [-0.1, -0.05) is 52.5 Å². The molecule has 0 saturated heterocycles. The van der Waals surface area contributed by atoms with E-state index in [1.807, 2.05) is 0 Å². The third kappa shape index (κ3) is 5.17. The Morgan fingerprint density at radius 2 is 1.74 bits per heavy atom. The molecule has 19 heavy (non-hydrogen) atoms. The summed E-state index contributed by atoms with van der Waals surface area (Å²) in [5.74, 6) is -1.59. The van der Waals surface area contributed by atoms with Gasteiger partial charge < -0.3 is 10.2 Å². The average Bonchev–Trinajstić information content (AvgIpc) is 2.13. The van der Waals surface area contributed by atoms with Crippen LogP contribution in [0, 0.1) is 5.41 Å². The van der Waals surface area contributed by atoms with Crippen LogP contribution >= 0.6 is 0 Å². The molecule has 0 aliphatic carbocycles. The molecule has 0 fully saturated rings. The van der Waals surface area contributed by atoms with Crippen molar-refractivity contribution in [2.45, 2.75) is 46.5 Å². The van der Waals surface area contributed by atoms with Gasteiger partial charge in [-0.15, -0.1) is 0 Å². The first-order chi connectivity index (χ1) is 8.03. The van der Waals surface area contributed by atoms with E-state index in [0.29, 0.717) is 0 Å². The summed E-state index contributed by atoms with van der Waals surface area (Å²) in [5, 5.41) is 20.4. The summed E-state index contributed by atoms with van der Waals surface area (Å²) in [6.45, 7) is 10.6. The Hall–Kier alpha value is -0.510. The first-order valence-corrected chi connectivity index (χ1v) is 6.08. The van der Waals surface area contributed by atoms with Gasteiger partial charge in [0.15, 0.2) is 0 Å². The van der Waals surface area contributed by atoms with Crippen molar-refractivity contribution < 1.29 is 44.6 Å². The molecule has 4 heteroatoms. The molecule has 100 valence electrons. The van der Waals surface area contributed by atoms with Crippen LogP contribution < -0.4 is 34.7 Å². The molecule has 0 saturated carbocycles. The first-order valence-electron chi connectivity index (χ1n) is 6.08. The van der Waals surface area contributed by atoms with Gasteiger partial charge >= 0.3 is 35.5 Å². The number of carboxylic acid groups (broad SMARTS) is 1. The van der Waals surface area contributed by atoms with Gasteiger partial charge in [0.05, 0.1) is 5.56 Å². The molecular weight excluding hydrogens is 251 g/mol. The Bertz CT molecular complexity index is 459. The molecule has 0 aliphatic heterocycles. The Balaban J connectivity index is 0.00000324. The summed E-state index contributed by atoms with van der Waals surface area (Å²) >= 11 is 0. The van der Waals surface area contributed by atoms with Gasteiger partial charge in [0.1, 0.15) is 0 Å². The van der Waals surface area contributed by atoms with E-state index in [9.17, 15) is 9.90 Å². The maximum atomic E-state index is 11.4. The molecule has 0 aliphatic rings. The van der Waals surface area contributed by atoms with Crippen molar-refractivity contribution in [2.75, 3.05) is 0 Å². The number of aromatic carboxylic acids is 1. The SMILES string of the molecule is CC(C)(C)CC(C)(C)c1ccc([O-])c(C(=O)O)c1.[Na+]. The summed E-state index contributed by atoms with van der Waals surface area (Å²) in [6, 6.07) is 4.60. The Labute approximate surface area is 137 Å². The van der Waals surface area contributed by atoms with Gasteiger partial charge in [-0.3, -0.25) is 0 Å². The zero-order chi connectivity index (χ0) is 14.1. The number of hydrogen-bond acceptors (Lipinski definition) is 2. The van der Waals surface area contributed by atoms with Crippen LogP contribution in [0.25, 0.3) is 0 Å². The molecule has 0 unspecified atom stereocenters. The molecule has 0 radical (unpaired) electrons. The number of benzene rings is 1. The van der Waals surface area contributed by atoms with Crippen LogP contribution in [0.15, 0.2) is 18.2 Å². The van der Waals surface area contributed by atoms with Crippen LogP contribution in [0.1, 0.15) is 57.0 Å². The fourth-order valence-electron chi connectivity index (χ4n) is 2.55. The quantitative estimate of drug-likeness (QED) is 0.798. The standard InChI is InChI=1S/C15H22O3.Na/c1-14(2,3)9-15(4,5)10-6-7-12(16)11(8-10)13(17)18;/h6-8,16H,9H2,1-5H3,(H,17,18);/q;+1/p-1. The van der Waals surface area contributed by atoms with Gasteiger partial charge in [0.25, 0.3) is 0 Å². The predicted octanol–water partition coefficient (Wildman–Crippen LogP) is 0.176. The number of rotatable bonds is 3. The molecule has 1 rings (SSSR count). The van der Waals surface area contributed by atoms with Crippen molar-refractivity contribution in [3.8, 4) is 5.75 Å². The molecule has 0 atom stereocenters. The van der Waals surface area contributed by atoms with Crippen molar-refractivity contribution in [1.29, 1.82) is 0 Å². The summed E-state index contributed by atoms with van der Waals surface area (Å²) in [4.78, 5) is 11.0. The molecule has 0 heterocycles. The van der Waals surface area contributed by atoms with E-state index in [1.165, 1.54) is 12.1 Å². The van der Waals surface area contributed by atoms with E-state index >= 15 is 0 Å². The second kappa shape index (κ2) is 6.29. The van der Waals surface area contributed by atoms with Crippen LogP contribution in [0.3, 0.4) is 0 Å². The minimum absolute atomic E-state index is 0. The van der Waals surface area contributed by atoms with Gasteiger partial charge in [-0.05, 0) is 28.9 Å². The molecule has 0 aromatic heterocycles. The Morgan fingerprint density at radius 1 is 1.21 bits per heavy atom. The number of carboxylic acids is 1. The largest absolute Gasteiger partial charge is 1.00 e. The molecule has 0 bridgehead atoms. The normalized spacial score (nSPS) is 11.8. The van der Waals surface area contributed by atoms with E-state index in [4.69, 9.17) is 5.11 Å². The summed E-state index contributed by atoms with van der Waals surface area (Å²) in [5.41, 5.74) is 0.739. The second-order valence-corrected chi connectivity index (χ2v) is 6.64. The van der Waals surface area contributed by atoms with Crippen molar-refractivity contribution in [1.82, 2.24) is 0 Å². The zero-order valence-electron chi connectivity index (χ0n) is 12.7. The van der Waals surface area contributed by atoms with Crippen LogP contribution in [0.5, 0.6) is 5.75 Å². The van der Waals surface area contributed by atoms with E-state index in [2.05, 4.69) is 34.6 Å². The fraction of sp³-hybridized carbons (Fsp3) is 0.533. The predicted molar refractivity (Wildman–Crippen MR) is 69.9 cm³/mol. The van der Waals surface area contributed by atoms with Crippen molar-refractivity contribution in [3.63, 3.8) is 0 Å². The van der Waals surface area contributed by atoms with Crippen LogP contribution in [-0.4, -0.2) is 11.1 Å².